The van der Waals surface area contributed by atoms with Gasteiger partial charge in [-0.3, -0.25) is 4.98 Å². The second kappa shape index (κ2) is 6.80. The largest absolute Gasteiger partial charge is 0.496 e. The number of hydrogen-bond acceptors (Lipinski definition) is 3. The van der Waals surface area contributed by atoms with Crippen LogP contribution in [-0.4, -0.2) is 12.1 Å². The van der Waals surface area contributed by atoms with Gasteiger partial charge in [-0.1, -0.05) is 30.3 Å². The molecular formula is C20H22N2O. The molecule has 3 aromatic rings. The first kappa shape index (κ1) is 15.5. The van der Waals surface area contributed by atoms with Crippen molar-refractivity contribution in [2.24, 2.45) is 0 Å². The van der Waals surface area contributed by atoms with Crippen LogP contribution in [0.4, 0.5) is 0 Å². The first-order valence-electron chi connectivity index (χ1n) is 7.92. The third-order valence-electron chi connectivity index (χ3n) is 4.31. The minimum atomic E-state index is 0.231. The zero-order chi connectivity index (χ0) is 16.2. The SMILES string of the molecule is COc1ccc(C(C)NC(C)c2ccncc2)c2ccccc12. The average molecular weight is 306 g/mol. The molecule has 0 aliphatic carbocycles. The molecule has 0 saturated carbocycles. The van der Waals surface area contributed by atoms with Crippen molar-refractivity contribution in [2.75, 3.05) is 7.11 Å². The number of nitrogens with one attached hydrogen (secondary N) is 1. The lowest BCUT2D eigenvalue weighted by atomic mass is 9.98. The molecule has 2 atom stereocenters. The molecule has 2 unspecified atom stereocenters. The van der Waals surface area contributed by atoms with Gasteiger partial charge in [-0.25, -0.2) is 0 Å². The molecule has 1 aromatic heterocycles. The van der Waals surface area contributed by atoms with Crippen LogP contribution in [0.15, 0.2) is 60.9 Å². The number of aromatic nitrogens is 1. The summed E-state index contributed by atoms with van der Waals surface area (Å²) in [6, 6.07) is 17.2. The van der Waals surface area contributed by atoms with Gasteiger partial charge in [-0.15, -0.1) is 0 Å². The Morgan fingerprint density at radius 2 is 1.57 bits per heavy atom. The van der Waals surface area contributed by atoms with E-state index in [4.69, 9.17) is 4.74 Å². The molecule has 118 valence electrons. The molecule has 0 bridgehead atoms. The molecule has 1 N–H and O–H groups in total. The van der Waals surface area contributed by atoms with Crippen LogP contribution in [0.2, 0.25) is 0 Å². The van der Waals surface area contributed by atoms with Gasteiger partial charge in [0.2, 0.25) is 0 Å². The van der Waals surface area contributed by atoms with Crippen LogP contribution in [0, 0.1) is 0 Å². The Bertz CT molecular complexity index is 786. The summed E-state index contributed by atoms with van der Waals surface area (Å²) < 4.78 is 5.49. The maximum Gasteiger partial charge on any atom is 0.126 e. The van der Waals surface area contributed by atoms with Crippen LogP contribution in [-0.2, 0) is 0 Å². The van der Waals surface area contributed by atoms with E-state index < -0.39 is 0 Å². The zero-order valence-electron chi connectivity index (χ0n) is 13.8. The van der Waals surface area contributed by atoms with Gasteiger partial charge in [0.15, 0.2) is 0 Å². The number of fused-ring (bicyclic) bond motifs is 1. The third-order valence-corrected chi connectivity index (χ3v) is 4.31. The maximum absolute atomic E-state index is 5.49. The summed E-state index contributed by atoms with van der Waals surface area (Å²) in [4.78, 5) is 4.08. The van der Waals surface area contributed by atoms with Gasteiger partial charge < -0.3 is 10.1 Å². The quantitative estimate of drug-likeness (QED) is 0.744. The topological polar surface area (TPSA) is 34.1 Å². The highest BCUT2D eigenvalue weighted by Gasteiger charge is 2.14. The number of pyridine rings is 1. The molecule has 0 spiro atoms. The van der Waals surface area contributed by atoms with E-state index >= 15 is 0 Å². The minimum Gasteiger partial charge on any atom is -0.496 e. The fourth-order valence-electron chi connectivity index (χ4n) is 3.06. The lowest BCUT2D eigenvalue weighted by molar-refractivity contribution is 0.419. The van der Waals surface area contributed by atoms with Crippen molar-refractivity contribution in [1.82, 2.24) is 10.3 Å². The standard InChI is InChI=1S/C20H22N2O/c1-14(16-10-12-21-13-11-16)22-15(2)17-8-9-20(23-3)19-7-5-4-6-18(17)19/h4-15,22H,1-3H3. The molecule has 3 rings (SSSR count). The Morgan fingerprint density at radius 1 is 0.870 bits per heavy atom. The molecule has 23 heavy (non-hydrogen) atoms. The summed E-state index contributed by atoms with van der Waals surface area (Å²) in [6.45, 7) is 4.38. The average Bonchev–Trinajstić information content (AvgIpc) is 2.61. The summed E-state index contributed by atoms with van der Waals surface area (Å²) in [5.74, 6) is 0.915. The van der Waals surface area contributed by atoms with Gasteiger partial charge >= 0.3 is 0 Å². The predicted octanol–water partition coefficient (Wildman–Crippen LogP) is 4.66. The van der Waals surface area contributed by atoms with Crippen LogP contribution in [0.3, 0.4) is 0 Å². The zero-order valence-corrected chi connectivity index (χ0v) is 13.8. The summed E-state index contributed by atoms with van der Waals surface area (Å²) in [5, 5.41) is 6.05. The van der Waals surface area contributed by atoms with Crippen LogP contribution >= 0.6 is 0 Å². The smallest absolute Gasteiger partial charge is 0.126 e. The van der Waals surface area contributed by atoms with Crippen LogP contribution < -0.4 is 10.1 Å². The number of rotatable bonds is 5. The fraction of sp³-hybridized carbons (Fsp3) is 0.250. The Kier molecular flexibility index (Phi) is 4.58. The maximum atomic E-state index is 5.49. The van der Waals surface area contributed by atoms with Crippen molar-refractivity contribution in [3.05, 3.63) is 72.1 Å². The van der Waals surface area contributed by atoms with Crippen LogP contribution in [0.1, 0.15) is 37.1 Å². The van der Waals surface area contributed by atoms with E-state index in [9.17, 15) is 0 Å². The van der Waals surface area contributed by atoms with Crippen molar-refractivity contribution in [3.8, 4) is 5.75 Å². The molecule has 0 fully saturated rings. The lowest BCUT2D eigenvalue weighted by Gasteiger charge is -2.22. The normalized spacial score (nSPS) is 13.7. The first-order valence-corrected chi connectivity index (χ1v) is 7.92. The van der Waals surface area contributed by atoms with Crippen LogP contribution in [0.25, 0.3) is 10.8 Å². The lowest BCUT2D eigenvalue weighted by Crippen LogP contribution is -2.22. The van der Waals surface area contributed by atoms with Gasteiger partial charge in [0, 0.05) is 29.9 Å². The highest BCUT2D eigenvalue weighted by atomic mass is 16.5. The summed E-state index contributed by atoms with van der Waals surface area (Å²) >= 11 is 0. The highest BCUT2D eigenvalue weighted by Crippen LogP contribution is 2.32. The number of ether oxygens (including phenoxy) is 1. The molecule has 1 heterocycles. The van der Waals surface area contributed by atoms with Crippen molar-refractivity contribution < 1.29 is 4.74 Å². The van der Waals surface area contributed by atoms with E-state index in [0.29, 0.717) is 0 Å². The van der Waals surface area contributed by atoms with E-state index in [2.05, 4.69) is 60.5 Å². The van der Waals surface area contributed by atoms with Gasteiger partial charge in [0.1, 0.15) is 5.75 Å². The van der Waals surface area contributed by atoms with Crippen LogP contribution in [0.5, 0.6) is 5.75 Å². The van der Waals surface area contributed by atoms with Gasteiger partial charge in [-0.2, -0.15) is 0 Å². The van der Waals surface area contributed by atoms with Gasteiger partial charge in [-0.05, 0) is 48.6 Å². The van der Waals surface area contributed by atoms with Crippen molar-refractivity contribution in [1.29, 1.82) is 0 Å². The second-order valence-corrected chi connectivity index (χ2v) is 5.79. The van der Waals surface area contributed by atoms with Gasteiger partial charge in [0.05, 0.1) is 7.11 Å². The molecule has 3 heteroatoms. The Morgan fingerprint density at radius 3 is 2.26 bits per heavy atom. The minimum absolute atomic E-state index is 0.231. The van der Waals surface area contributed by atoms with E-state index in [-0.39, 0.29) is 12.1 Å². The summed E-state index contributed by atoms with van der Waals surface area (Å²) in [5.41, 5.74) is 2.52. The van der Waals surface area contributed by atoms with Crippen molar-refractivity contribution in [2.45, 2.75) is 25.9 Å². The molecule has 0 aliphatic heterocycles. The van der Waals surface area contributed by atoms with Gasteiger partial charge in [0.25, 0.3) is 0 Å². The molecule has 0 amide bonds. The number of nitrogens with zero attached hydrogens (tertiary/aromatic N) is 1. The van der Waals surface area contributed by atoms with E-state index in [1.807, 2.05) is 24.5 Å². The molecule has 2 aromatic carbocycles. The fourth-order valence-corrected chi connectivity index (χ4v) is 3.06. The monoisotopic (exact) mass is 306 g/mol. The predicted molar refractivity (Wildman–Crippen MR) is 94.7 cm³/mol. The van der Waals surface area contributed by atoms with Crippen molar-refractivity contribution in [3.63, 3.8) is 0 Å². The molecular weight excluding hydrogens is 284 g/mol. The Labute approximate surface area is 137 Å². The Hall–Kier alpha value is -2.39. The third kappa shape index (κ3) is 3.20. The molecule has 3 nitrogen and oxygen atoms in total. The number of hydrogen-bond donors (Lipinski definition) is 1. The molecule has 0 aliphatic rings. The summed E-state index contributed by atoms with van der Waals surface area (Å²) in [6.07, 6.45) is 3.67. The summed E-state index contributed by atoms with van der Waals surface area (Å²) in [7, 11) is 1.72. The van der Waals surface area contributed by atoms with Crippen molar-refractivity contribution >= 4 is 10.8 Å². The van der Waals surface area contributed by atoms with E-state index in [1.165, 1.54) is 16.5 Å². The number of benzene rings is 2. The number of methoxy groups -OCH3 is 1. The van der Waals surface area contributed by atoms with E-state index in [1.54, 1.807) is 7.11 Å². The highest BCUT2D eigenvalue weighted by molar-refractivity contribution is 5.91. The first-order chi connectivity index (χ1) is 11.2. The molecule has 0 saturated heterocycles. The molecule has 0 radical (unpaired) electrons. The Balaban J connectivity index is 1.91. The van der Waals surface area contributed by atoms with E-state index in [0.717, 1.165) is 11.1 Å². The second-order valence-electron chi connectivity index (χ2n) is 5.79.